The lowest BCUT2D eigenvalue weighted by molar-refractivity contribution is -0.115. The van der Waals surface area contributed by atoms with E-state index in [4.69, 9.17) is 0 Å². The summed E-state index contributed by atoms with van der Waals surface area (Å²) in [4.78, 5) is 10.9. The van der Waals surface area contributed by atoms with Crippen molar-refractivity contribution in [3.63, 3.8) is 0 Å². The molecule has 0 atom stereocenters. The zero-order valence-corrected chi connectivity index (χ0v) is 9.01. The van der Waals surface area contributed by atoms with E-state index in [0.29, 0.717) is 6.42 Å². The molecule has 0 aliphatic rings. The summed E-state index contributed by atoms with van der Waals surface area (Å²) in [5.41, 5.74) is 0. The van der Waals surface area contributed by atoms with Crippen LogP contribution in [0.5, 0.6) is 0 Å². The van der Waals surface area contributed by atoms with Crippen LogP contribution in [0.15, 0.2) is 4.34 Å². The third-order valence-corrected chi connectivity index (χ3v) is 3.40. The minimum Gasteiger partial charge on any atom is -0.298 e. The number of thioether (sulfide) groups is 1. The van der Waals surface area contributed by atoms with E-state index in [-0.39, 0.29) is 11.5 Å². The van der Waals surface area contributed by atoms with Crippen LogP contribution in [0.1, 0.15) is 5.01 Å². The number of hydrogen-bond donors (Lipinski definition) is 1. The first-order valence-corrected chi connectivity index (χ1v) is 5.92. The summed E-state index contributed by atoms with van der Waals surface area (Å²) in [7, 11) is 0. The standard InChI is InChI=1S/C6H8N2OS3/c1-11-6-8-7-5(12-6)2-4(9)3-10/h10H,2-3H2,1H3. The lowest BCUT2D eigenvalue weighted by Crippen LogP contribution is -2.03. The van der Waals surface area contributed by atoms with Gasteiger partial charge in [0.1, 0.15) is 10.8 Å². The summed E-state index contributed by atoms with van der Waals surface area (Å²) in [5, 5.41) is 8.52. The van der Waals surface area contributed by atoms with E-state index in [0.717, 1.165) is 9.35 Å². The van der Waals surface area contributed by atoms with E-state index in [1.54, 1.807) is 0 Å². The van der Waals surface area contributed by atoms with Crippen molar-refractivity contribution in [1.29, 1.82) is 0 Å². The van der Waals surface area contributed by atoms with Crippen LogP contribution in [0.2, 0.25) is 0 Å². The first-order valence-electron chi connectivity index (χ1n) is 3.25. The van der Waals surface area contributed by atoms with Crippen molar-refractivity contribution in [2.24, 2.45) is 0 Å². The van der Waals surface area contributed by atoms with Gasteiger partial charge in [0.15, 0.2) is 4.34 Å². The van der Waals surface area contributed by atoms with Crippen molar-refractivity contribution < 1.29 is 4.79 Å². The van der Waals surface area contributed by atoms with Gasteiger partial charge in [-0.1, -0.05) is 23.1 Å². The fourth-order valence-electron chi connectivity index (χ4n) is 0.617. The molecule has 0 aliphatic carbocycles. The Morgan fingerprint density at radius 3 is 2.92 bits per heavy atom. The quantitative estimate of drug-likeness (QED) is 0.613. The summed E-state index contributed by atoms with van der Waals surface area (Å²) in [6.45, 7) is 0. The predicted octanol–water partition coefficient (Wildman–Crippen LogP) is 1.30. The van der Waals surface area contributed by atoms with Gasteiger partial charge in [-0.05, 0) is 6.26 Å². The van der Waals surface area contributed by atoms with E-state index in [2.05, 4.69) is 22.8 Å². The molecular formula is C6H8N2OS3. The monoisotopic (exact) mass is 220 g/mol. The predicted molar refractivity (Wildman–Crippen MR) is 54.3 cm³/mol. The fraction of sp³-hybridized carbons (Fsp3) is 0.500. The van der Waals surface area contributed by atoms with Gasteiger partial charge in [-0.25, -0.2) is 0 Å². The number of nitrogens with zero attached hydrogens (tertiary/aromatic N) is 2. The molecule has 12 heavy (non-hydrogen) atoms. The van der Waals surface area contributed by atoms with E-state index in [1.165, 1.54) is 23.1 Å². The highest BCUT2D eigenvalue weighted by atomic mass is 32.2. The Kier molecular flexibility index (Phi) is 4.03. The molecule has 0 spiro atoms. The van der Waals surface area contributed by atoms with Gasteiger partial charge in [0.05, 0.1) is 6.42 Å². The molecule has 0 fully saturated rings. The van der Waals surface area contributed by atoms with Gasteiger partial charge >= 0.3 is 0 Å². The van der Waals surface area contributed by atoms with Crippen LogP contribution >= 0.6 is 35.7 Å². The Labute approximate surface area is 84.4 Å². The molecule has 1 heterocycles. The summed E-state index contributed by atoms with van der Waals surface area (Å²) in [6.07, 6.45) is 2.30. The second-order valence-electron chi connectivity index (χ2n) is 2.04. The van der Waals surface area contributed by atoms with Gasteiger partial charge in [0, 0.05) is 5.75 Å². The lowest BCUT2D eigenvalue weighted by Gasteiger charge is -1.88. The van der Waals surface area contributed by atoms with Crippen LogP contribution in [0.3, 0.4) is 0 Å². The molecule has 1 aromatic heterocycles. The molecule has 0 aromatic carbocycles. The number of hydrogen-bond acceptors (Lipinski definition) is 6. The molecule has 3 nitrogen and oxygen atoms in total. The van der Waals surface area contributed by atoms with Gasteiger partial charge in [-0.3, -0.25) is 4.79 Å². The molecule has 0 unspecified atom stereocenters. The van der Waals surface area contributed by atoms with Crippen LogP contribution in [-0.4, -0.2) is 28.0 Å². The Balaban J connectivity index is 2.58. The van der Waals surface area contributed by atoms with Gasteiger partial charge in [0.25, 0.3) is 0 Å². The topological polar surface area (TPSA) is 42.9 Å². The number of rotatable bonds is 4. The number of carbonyl (C=O) groups excluding carboxylic acids is 1. The maximum atomic E-state index is 10.9. The highest BCUT2D eigenvalue weighted by Crippen LogP contribution is 2.19. The maximum Gasteiger partial charge on any atom is 0.174 e. The van der Waals surface area contributed by atoms with E-state index >= 15 is 0 Å². The Hall–Kier alpha value is -0.0700. The molecule has 0 aliphatic heterocycles. The molecule has 66 valence electrons. The molecule has 1 rings (SSSR count). The van der Waals surface area contributed by atoms with Crippen molar-refractivity contribution in [1.82, 2.24) is 10.2 Å². The molecule has 1 aromatic rings. The normalized spacial score (nSPS) is 10.2. The summed E-state index contributed by atoms with van der Waals surface area (Å²) >= 11 is 6.88. The SMILES string of the molecule is CSc1nnc(CC(=O)CS)s1. The van der Waals surface area contributed by atoms with Gasteiger partial charge in [-0.15, -0.1) is 10.2 Å². The number of thiol groups is 1. The summed E-state index contributed by atoms with van der Waals surface area (Å²) in [6, 6.07) is 0. The van der Waals surface area contributed by atoms with Gasteiger partial charge in [-0.2, -0.15) is 12.6 Å². The van der Waals surface area contributed by atoms with Crippen molar-refractivity contribution in [2.45, 2.75) is 10.8 Å². The molecule has 0 saturated carbocycles. The molecule has 0 saturated heterocycles. The van der Waals surface area contributed by atoms with E-state index in [9.17, 15) is 4.79 Å². The Morgan fingerprint density at radius 1 is 1.67 bits per heavy atom. The van der Waals surface area contributed by atoms with Crippen LogP contribution in [0.4, 0.5) is 0 Å². The third-order valence-electron chi connectivity index (χ3n) is 1.15. The zero-order valence-electron chi connectivity index (χ0n) is 6.48. The zero-order chi connectivity index (χ0) is 8.97. The largest absolute Gasteiger partial charge is 0.298 e. The minimum atomic E-state index is 0.0853. The van der Waals surface area contributed by atoms with Gasteiger partial charge < -0.3 is 0 Å². The highest BCUT2D eigenvalue weighted by molar-refractivity contribution is 8.00. The number of Topliss-reactive ketones (excluding diaryl/α,β-unsaturated/α-hetero) is 1. The first kappa shape index (κ1) is 10.0. The number of carbonyl (C=O) groups is 1. The van der Waals surface area contributed by atoms with Gasteiger partial charge in [0.2, 0.25) is 0 Å². The summed E-state index contributed by atoms with van der Waals surface area (Å²) in [5.74, 6) is 0.357. The van der Waals surface area contributed by atoms with Crippen LogP contribution < -0.4 is 0 Å². The number of aromatic nitrogens is 2. The second-order valence-corrected chi connectivity index (χ2v) is 4.47. The van der Waals surface area contributed by atoms with E-state index in [1.807, 2.05) is 6.26 Å². The van der Waals surface area contributed by atoms with Crippen LogP contribution in [-0.2, 0) is 11.2 Å². The highest BCUT2D eigenvalue weighted by Gasteiger charge is 2.06. The lowest BCUT2D eigenvalue weighted by atomic mass is 10.3. The van der Waals surface area contributed by atoms with Crippen LogP contribution in [0.25, 0.3) is 0 Å². The fourth-order valence-corrected chi connectivity index (χ4v) is 2.07. The van der Waals surface area contributed by atoms with Crippen molar-refractivity contribution >= 4 is 41.5 Å². The average Bonchev–Trinajstić information content (AvgIpc) is 2.52. The Morgan fingerprint density at radius 2 is 2.42 bits per heavy atom. The molecule has 0 amide bonds. The molecule has 0 radical (unpaired) electrons. The van der Waals surface area contributed by atoms with Crippen molar-refractivity contribution in [2.75, 3.05) is 12.0 Å². The minimum absolute atomic E-state index is 0.0853. The summed E-state index contributed by atoms with van der Waals surface area (Å²) < 4.78 is 0.900. The first-order chi connectivity index (χ1) is 5.76. The van der Waals surface area contributed by atoms with Crippen LogP contribution in [0, 0.1) is 0 Å². The second kappa shape index (κ2) is 4.84. The van der Waals surface area contributed by atoms with E-state index < -0.39 is 0 Å². The smallest absolute Gasteiger partial charge is 0.174 e. The Bertz CT molecular complexity index is 274. The molecular weight excluding hydrogens is 212 g/mol. The van der Waals surface area contributed by atoms with Crippen molar-refractivity contribution in [3.8, 4) is 0 Å². The molecule has 6 heteroatoms. The third kappa shape index (κ3) is 2.76. The number of ketones is 1. The maximum absolute atomic E-state index is 10.9. The molecule has 0 N–H and O–H groups in total. The van der Waals surface area contributed by atoms with Crippen molar-refractivity contribution in [3.05, 3.63) is 5.01 Å². The molecule has 0 bridgehead atoms. The average molecular weight is 220 g/mol.